The van der Waals surface area contributed by atoms with E-state index >= 15 is 0 Å². The topological polar surface area (TPSA) is 70.1 Å². The van der Waals surface area contributed by atoms with Crippen molar-refractivity contribution in [2.75, 3.05) is 12.3 Å². The Morgan fingerprint density at radius 3 is 3.06 bits per heavy atom. The zero-order valence-electron chi connectivity index (χ0n) is 10.2. The van der Waals surface area contributed by atoms with Crippen LogP contribution in [0.5, 0.6) is 0 Å². The Labute approximate surface area is 105 Å². The van der Waals surface area contributed by atoms with E-state index in [2.05, 4.69) is 4.98 Å². The number of esters is 1. The average Bonchev–Trinajstić information content (AvgIpc) is 2.77. The number of ether oxygens (including phenoxy) is 1. The molecule has 0 unspecified atom stereocenters. The molecule has 0 spiro atoms. The van der Waals surface area contributed by atoms with Gasteiger partial charge in [-0.15, -0.1) is 0 Å². The summed E-state index contributed by atoms with van der Waals surface area (Å²) in [4.78, 5) is 15.7. The Morgan fingerprint density at radius 1 is 1.50 bits per heavy atom. The summed E-state index contributed by atoms with van der Waals surface area (Å²) in [5.74, 6) is 0.427. The second-order valence-corrected chi connectivity index (χ2v) is 3.81. The number of carbonyl (C=O) groups is 1. The molecule has 1 heterocycles. The molecule has 0 saturated carbocycles. The maximum Gasteiger partial charge on any atom is 0.325 e. The predicted molar refractivity (Wildman–Crippen MR) is 68.7 cm³/mol. The lowest BCUT2D eigenvalue weighted by molar-refractivity contribution is -0.143. The number of hydrogen-bond acceptors (Lipinski definition) is 4. The minimum Gasteiger partial charge on any atom is -0.465 e. The van der Waals surface area contributed by atoms with Gasteiger partial charge in [0.2, 0.25) is 0 Å². The van der Waals surface area contributed by atoms with Gasteiger partial charge in [0.25, 0.3) is 0 Å². The van der Waals surface area contributed by atoms with Crippen LogP contribution in [0.25, 0.3) is 11.4 Å². The van der Waals surface area contributed by atoms with Crippen LogP contribution < -0.4 is 5.73 Å². The van der Waals surface area contributed by atoms with E-state index in [9.17, 15) is 4.79 Å². The summed E-state index contributed by atoms with van der Waals surface area (Å²) >= 11 is 0. The SMILES string of the molecule is CCOC(=O)Cn1ccnc1-c1cccc(N)c1. The Hall–Kier alpha value is -2.30. The molecule has 2 rings (SSSR count). The second-order valence-electron chi connectivity index (χ2n) is 3.81. The predicted octanol–water partition coefficient (Wildman–Crippen LogP) is 1.70. The van der Waals surface area contributed by atoms with E-state index in [1.807, 2.05) is 24.3 Å². The summed E-state index contributed by atoms with van der Waals surface area (Å²) in [7, 11) is 0. The van der Waals surface area contributed by atoms with E-state index in [4.69, 9.17) is 10.5 Å². The Kier molecular flexibility index (Phi) is 3.62. The van der Waals surface area contributed by atoms with Crippen molar-refractivity contribution < 1.29 is 9.53 Å². The summed E-state index contributed by atoms with van der Waals surface area (Å²) in [6.07, 6.45) is 3.40. The lowest BCUT2D eigenvalue weighted by atomic mass is 10.2. The van der Waals surface area contributed by atoms with E-state index in [1.54, 1.807) is 23.9 Å². The molecular formula is C13H15N3O2. The summed E-state index contributed by atoms with van der Waals surface area (Å²) in [5.41, 5.74) is 7.28. The molecule has 0 aliphatic carbocycles. The minimum absolute atomic E-state index is 0.151. The molecule has 5 nitrogen and oxygen atoms in total. The molecule has 94 valence electrons. The highest BCUT2D eigenvalue weighted by atomic mass is 16.5. The van der Waals surface area contributed by atoms with Gasteiger partial charge in [-0.1, -0.05) is 12.1 Å². The number of nitrogens with zero attached hydrogens (tertiary/aromatic N) is 2. The van der Waals surface area contributed by atoms with Gasteiger partial charge in [0.1, 0.15) is 12.4 Å². The van der Waals surface area contributed by atoms with Gasteiger partial charge in [0.05, 0.1) is 6.61 Å². The zero-order chi connectivity index (χ0) is 13.0. The summed E-state index contributed by atoms with van der Waals surface area (Å²) < 4.78 is 6.66. The van der Waals surface area contributed by atoms with Crippen LogP contribution >= 0.6 is 0 Å². The fourth-order valence-corrected chi connectivity index (χ4v) is 1.72. The van der Waals surface area contributed by atoms with Gasteiger partial charge < -0.3 is 15.0 Å². The van der Waals surface area contributed by atoms with Crippen molar-refractivity contribution >= 4 is 11.7 Å². The molecule has 2 aromatic rings. The van der Waals surface area contributed by atoms with Crippen molar-refractivity contribution in [2.45, 2.75) is 13.5 Å². The van der Waals surface area contributed by atoms with E-state index in [0.29, 0.717) is 18.1 Å². The van der Waals surface area contributed by atoms with Crippen molar-refractivity contribution in [3.05, 3.63) is 36.7 Å². The Bertz CT molecular complexity index is 549. The highest BCUT2D eigenvalue weighted by molar-refractivity contribution is 5.70. The van der Waals surface area contributed by atoms with Crippen molar-refractivity contribution in [1.29, 1.82) is 0 Å². The summed E-state index contributed by atoms with van der Waals surface area (Å²) in [6, 6.07) is 7.39. The third-order valence-electron chi connectivity index (χ3n) is 2.47. The number of nitrogens with two attached hydrogens (primary N) is 1. The Balaban J connectivity index is 2.25. The first-order valence-corrected chi connectivity index (χ1v) is 5.73. The first-order valence-electron chi connectivity index (χ1n) is 5.73. The highest BCUT2D eigenvalue weighted by Gasteiger charge is 2.10. The molecule has 0 amide bonds. The molecule has 5 heteroatoms. The third-order valence-corrected chi connectivity index (χ3v) is 2.47. The molecule has 0 bridgehead atoms. The lowest BCUT2D eigenvalue weighted by Crippen LogP contribution is -2.13. The van der Waals surface area contributed by atoms with Crippen molar-refractivity contribution in [3.8, 4) is 11.4 Å². The van der Waals surface area contributed by atoms with Gasteiger partial charge in [0, 0.05) is 23.6 Å². The molecule has 0 fully saturated rings. The van der Waals surface area contributed by atoms with Crippen LogP contribution in [0.1, 0.15) is 6.92 Å². The smallest absolute Gasteiger partial charge is 0.325 e. The molecule has 18 heavy (non-hydrogen) atoms. The second kappa shape index (κ2) is 5.35. The summed E-state index contributed by atoms with van der Waals surface area (Å²) in [6.45, 7) is 2.31. The molecule has 0 atom stereocenters. The van der Waals surface area contributed by atoms with Gasteiger partial charge in [-0.2, -0.15) is 0 Å². The molecular weight excluding hydrogens is 230 g/mol. The number of imidazole rings is 1. The van der Waals surface area contributed by atoms with Crippen LogP contribution in [0.4, 0.5) is 5.69 Å². The van der Waals surface area contributed by atoms with Gasteiger partial charge in [-0.05, 0) is 19.1 Å². The van der Waals surface area contributed by atoms with Crippen molar-refractivity contribution in [3.63, 3.8) is 0 Å². The first kappa shape index (κ1) is 12.2. The minimum atomic E-state index is -0.277. The van der Waals surface area contributed by atoms with Gasteiger partial charge >= 0.3 is 5.97 Å². The molecule has 0 saturated heterocycles. The number of hydrogen-bond donors (Lipinski definition) is 1. The number of anilines is 1. The van der Waals surface area contributed by atoms with E-state index < -0.39 is 0 Å². The quantitative estimate of drug-likeness (QED) is 0.657. The van der Waals surface area contributed by atoms with E-state index in [1.165, 1.54) is 0 Å². The molecule has 0 aliphatic rings. The van der Waals surface area contributed by atoms with Crippen LogP contribution in [0.15, 0.2) is 36.7 Å². The number of rotatable bonds is 4. The van der Waals surface area contributed by atoms with Crippen LogP contribution in [-0.4, -0.2) is 22.1 Å². The monoisotopic (exact) mass is 245 g/mol. The summed E-state index contributed by atoms with van der Waals surface area (Å²) in [5, 5.41) is 0. The van der Waals surface area contributed by atoms with Gasteiger partial charge in [-0.3, -0.25) is 4.79 Å². The molecule has 1 aromatic heterocycles. The van der Waals surface area contributed by atoms with Crippen LogP contribution in [0, 0.1) is 0 Å². The van der Waals surface area contributed by atoms with Gasteiger partial charge in [0.15, 0.2) is 0 Å². The number of benzene rings is 1. The van der Waals surface area contributed by atoms with Gasteiger partial charge in [-0.25, -0.2) is 4.98 Å². The Morgan fingerprint density at radius 2 is 2.33 bits per heavy atom. The fourth-order valence-electron chi connectivity index (χ4n) is 1.72. The lowest BCUT2D eigenvalue weighted by Gasteiger charge is -2.07. The molecule has 0 aliphatic heterocycles. The maximum atomic E-state index is 11.5. The highest BCUT2D eigenvalue weighted by Crippen LogP contribution is 2.19. The molecule has 0 radical (unpaired) electrons. The zero-order valence-corrected chi connectivity index (χ0v) is 10.2. The van der Waals surface area contributed by atoms with E-state index in [-0.39, 0.29) is 12.5 Å². The van der Waals surface area contributed by atoms with E-state index in [0.717, 1.165) is 5.56 Å². The van der Waals surface area contributed by atoms with Crippen LogP contribution in [0.3, 0.4) is 0 Å². The molecule has 1 aromatic carbocycles. The number of nitrogen functional groups attached to an aromatic ring is 1. The largest absolute Gasteiger partial charge is 0.465 e. The maximum absolute atomic E-state index is 11.5. The third kappa shape index (κ3) is 2.68. The average molecular weight is 245 g/mol. The molecule has 2 N–H and O–H groups in total. The van der Waals surface area contributed by atoms with Crippen molar-refractivity contribution in [2.24, 2.45) is 0 Å². The van der Waals surface area contributed by atoms with Crippen LogP contribution in [0.2, 0.25) is 0 Å². The van der Waals surface area contributed by atoms with Crippen molar-refractivity contribution in [1.82, 2.24) is 9.55 Å². The fraction of sp³-hybridized carbons (Fsp3) is 0.231. The van der Waals surface area contributed by atoms with Crippen LogP contribution in [-0.2, 0) is 16.1 Å². The number of aromatic nitrogens is 2. The number of carbonyl (C=O) groups excluding carboxylic acids is 1. The first-order chi connectivity index (χ1) is 8.70. The standard InChI is InChI=1S/C13H15N3O2/c1-2-18-12(17)9-16-7-6-15-13(16)10-4-3-5-11(14)8-10/h3-8H,2,9,14H2,1H3. The normalized spacial score (nSPS) is 10.3.